The van der Waals surface area contributed by atoms with Crippen molar-refractivity contribution in [2.45, 2.75) is 95.5 Å². The minimum Gasteiger partial charge on any atom is -0.483 e. The van der Waals surface area contributed by atoms with Crippen molar-refractivity contribution in [3.63, 3.8) is 0 Å². The summed E-state index contributed by atoms with van der Waals surface area (Å²) < 4.78 is 26.3. The number of carboxylic acid groups (broad SMARTS) is 2. The molecule has 2 fully saturated rings. The molecule has 40 heavy (non-hydrogen) atoms. The van der Waals surface area contributed by atoms with E-state index in [2.05, 4.69) is 19.1 Å². The van der Waals surface area contributed by atoms with Gasteiger partial charge in [0.2, 0.25) is 0 Å². The fourth-order valence-electron chi connectivity index (χ4n) is 5.56. The zero-order chi connectivity index (χ0) is 28.5. The van der Waals surface area contributed by atoms with Crippen LogP contribution in [0.15, 0.2) is 30.3 Å². The zero-order valence-corrected chi connectivity index (χ0v) is 23.3. The van der Waals surface area contributed by atoms with Gasteiger partial charge >= 0.3 is 5.97 Å². The number of aryl methyl sites for hydroxylation is 3. The van der Waals surface area contributed by atoms with Gasteiger partial charge in [0.1, 0.15) is 11.9 Å². The number of carboxylic acids is 1. The third-order valence-electron chi connectivity index (χ3n) is 8.12. The molecule has 3 aliphatic rings. The van der Waals surface area contributed by atoms with Gasteiger partial charge in [0, 0.05) is 31.1 Å². The first-order chi connectivity index (χ1) is 19.3. The molecule has 1 aromatic carbocycles. The maximum Gasteiger partial charge on any atom is 0.325 e. The Bertz CT molecular complexity index is 1150. The second-order valence-electron chi connectivity index (χ2n) is 11.3. The normalized spacial score (nSPS) is 20.2. The van der Waals surface area contributed by atoms with Gasteiger partial charge in [-0.1, -0.05) is 12.1 Å². The maximum atomic E-state index is 14.2. The predicted octanol–water partition coefficient (Wildman–Crippen LogP) is 5.11. The highest BCUT2D eigenvalue weighted by atomic mass is 19.1. The maximum absolute atomic E-state index is 14.2. The summed E-state index contributed by atoms with van der Waals surface area (Å²) in [6.07, 6.45) is 10.5. The lowest BCUT2D eigenvalue weighted by Gasteiger charge is -2.27. The quantitative estimate of drug-likeness (QED) is 0.274. The molecule has 1 unspecified atom stereocenters. The molecule has 2 aromatic rings. The van der Waals surface area contributed by atoms with E-state index in [9.17, 15) is 14.3 Å². The van der Waals surface area contributed by atoms with Crippen LogP contribution in [0.3, 0.4) is 0 Å². The molecule has 1 aliphatic heterocycles. The van der Waals surface area contributed by atoms with Crippen molar-refractivity contribution in [3.8, 4) is 0 Å². The van der Waals surface area contributed by atoms with E-state index in [0.717, 1.165) is 56.9 Å². The van der Waals surface area contributed by atoms with Gasteiger partial charge in [-0.15, -0.1) is 0 Å². The number of unbranched alkanes of at least 4 members (excludes halogenated alkanes) is 1. The lowest BCUT2D eigenvalue weighted by molar-refractivity contribution is -0.143. The number of pyridine rings is 1. The first kappa shape index (κ1) is 30.1. The standard InChI is InChI=1S/C30H39FN2O4.CH2O2/c1-30(14-15-30)37-20-22-9-11-23(31)18-26(22)28(29(34)35)33-16-13-25(19-33)36-17-5-4-7-24-12-10-21-6-2-3-8-27(21)32-24;2-1-3/h9-12,18,25,28H,2-8,13-17,19-20H2,1H3,(H,34,35);1H,(H,2,3)/t25-,28?;/m1./s1. The van der Waals surface area contributed by atoms with Crippen molar-refractivity contribution in [2.75, 3.05) is 19.7 Å². The number of fused-ring (bicyclic) bond motifs is 1. The molecule has 9 heteroatoms. The Morgan fingerprint density at radius 1 is 1.23 bits per heavy atom. The number of ether oxygens (including phenoxy) is 2. The van der Waals surface area contributed by atoms with Crippen LogP contribution < -0.4 is 0 Å². The Labute approximate surface area is 235 Å². The highest BCUT2D eigenvalue weighted by Gasteiger charge is 2.39. The molecule has 0 amide bonds. The van der Waals surface area contributed by atoms with Crippen LogP contribution in [-0.2, 0) is 44.9 Å². The fourth-order valence-corrected chi connectivity index (χ4v) is 5.56. The van der Waals surface area contributed by atoms with E-state index in [1.807, 2.05) is 4.90 Å². The number of aromatic nitrogens is 1. The fraction of sp³-hybridized carbons (Fsp3) is 0.581. The zero-order valence-electron chi connectivity index (χ0n) is 23.3. The van der Waals surface area contributed by atoms with Crippen molar-refractivity contribution in [1.82, 2.24) is 9.88 Å². The van der Waals surface area contributed by atoms with Gasteiger partial charge in [0.05, 0.1) is 18.3 Å². The average Bonchev–Trinajstić information content (AvgIpc) is 3.50. The smallest absolute Gasteiger partial charge is 0.325 e. The second-order valence-corrected chi connectivity index (χ2v) is 11.3. The summed E-state index contributed by atoms with van der Waals surface area (Å²) in [7, 11) is 0. The summed E-state index contributed by atoms with van der Waals surface area (Å²) in [4.78, 5) is 27.5. The highest BCUT2D eigenvalue weighted by Crippen LogP contribution is 2.40. The molecule has 0 bridgehead atoms. The van der Waals surface area contributed by atoms with Gasteiger partial charge in [0.25, 0.3) is 6.47 Å². The first-order valence-corrected chi connectivity index (χ1v) is 14.4. The van der Waals surface area contributed by atoms with E-state index in [1.165, 1.54) is 41.9 Å². The predicted molar refractivity (Wildman–Crippen MR) is 148 cm³/mol. The van der Waals surface area contributed by atoms with E-state index in [1.54, 1.807) is 6.07 Å². The summed E-state index contributed by atoms with van der Waals surface area (Å²) in [5.74, 6) is -1.40. The summed E-state index contributed by atoms with van der Waals surface area (Å²) >= 11 is 0. The second kappa shape index (κ2) is 14.1. The summed E-state index contributed by atoms with van der Waals surface area (Å²) in [5.41, 5.74) is 4.96. The molecule has 5 rings (SSSR count). The molecule has 8 nitrogen and oxygen atoms in total. The van der Waals surface area contributed by atoms with Gasteiger partial charge < -0.3 is 19.7 Å². The summed E-state index contributed by atoms with van der Waals surface area (Å²) in [6.45, 7) is 3.88. The lowest BCUT2D eigenvalue weighted by Crippen LogP contribution is -2.34. The molecule has 2 aliphatic carbocycles. The molecule has 0 spiro atoms. The van der Waals surface area contributed by atoms with Crippen molar-refractivity contribution in [1.29, 1.82) is 0 Å². The molecule has 2 N–H and O–H groups in total. The molecular formula is C31H41FN2O6. The highest BCUT2D eigenvalue weighted by molar-refractivity contribution is 5.76. The molecule has 1 saturated heterocycles. The van der Waals surface area contributed by atoms with E-state index in [0.29, 0.717) is 31.9 Å². The topological polar surface area (TPSA) is 109 Å². The number of nitrogens with zero attached hydrogens (tertiary/aromatic N) is 2. The van der Waals surface area contributed by atoms with Crippen LogP contribution >= 0.6 is 0 Å². The van der Waals surface area contributed by atoms with Crippen molar-refractivity contribution in [2.24, 2.45) is 0 Å². The number of halogens is 1. The lowest BCUT2D eigenvalue weighted by atomic mass is 9.95. The Hall–Kier alpha value is -2.88. The van der Waals surface area contributed by atoms with Crippen LogP contribution in [0.1, 0.15) is 86.0 Å². The Kier molecular flexibility index (Phi) is 10.6. The van der Waals surface area contributed by atoms with Crippen molar-refractivity contribution >= 4 is 12.4 Å². The average molecular weight is 557 g/mol. The first-order valence-electron chi connectivity index (χ1n) is 14.4. The van der Waals surface area contributed by atoms with Crippen LogP contribution in [0.2, 0.25) is 0 Å². The molecule has 1 aromatic heterocycles. The number of benzene rings is 1. The Balaban J connectivity index is 0.00000118. The number of carbonyl (C=O) groups is 2. The van der Waals surface area contributed by atoms with Gasteiger partial charge in [-0.25, -0.2) is 4.39 Å². The van der Waals surface area contributed by atoms with E-state index >= 15 is 0 Å². The minimum absolute atomic E-state index is 0.0117. The molecule has 0 radical (unpaired) electrons. The van der Waals surface area contributed by atoms with Gasteiger partial charge in [0.15, 0.2) is 0 Å². The minimum atomic E-state index is -0.970. The monoisotopic (exact) mass is 556 g/mol. The third-order valence-corrected chi connectivity index (χ3v) is 8.12. The van der Waals surface area contributed by atoms with E-state index in [-0.39, 0.29) is 18.2 Å². The van der Waals surface area contributed by atoms with Crippen LogP contribution in [0, 0.1) is 5.82 Å². The number of hydrogen-bond donors (Lipinski definition) is 2. The van der Waals surface area contributed by atoms with Crippen LogP contribution in [-0.4, -0.2) is 63.9 Å². The van der Waals surface area contributed by atoms with E-state index in [4.69, 9.17) is 24.4 Å². The number of aliphatic carboxylic acids is 1. The van der Waals surface area contributed by atoms with Crippen molar-refractivity contribution in [3.05, 3.63) is 64.2 Å². The van der Waals surface area contributed by atoms with Crippen LogP contribution in [0.4, 0.5) is 4.39 Å². The summed E-state index contributed by atoms with van der Waals surface area (Å²) in [6, 6.07) is 7.91. The Morgan fingerprint density at radius 3 is 2.75 bits per heavy atom. The largest absolute Gasteiger partial charge is 0.483 e. The third kappa shape index (κ3) is 8.32. The van der Waals surface area contributed by atoms with Crippen molar-refractivity contribution < 1.29 is 33.7 Å². The van der Waals surface area contributed by atoms with Crippen LogP contribution in [0.25, 0.3) is 0 Å². The number of rotatable bonds is 12. The van der Waals surface area contributed by atoms with Crippen LogP contribution in [0.5, 0.6) is 0 Å². The number of likely N-dealkylation sites (tertiary alicyclic amines) is 1. The molecule has 2 heterocycles. The summed E-state index contributed by atoms with van der Waals surface area (Å²) in [5, 5.41) is 17.0. The molecule has 1 saturated carbocycles. The molecule has 2 atom stereocenters. The number of hydrogen-bond acceptors (Lipinski definition) is 6. The molecular weight excluding hydrogens is 515 g/mol. The molecule has 218 valence electrons. The van der Waals surface area contributed by atoms with Gasteiger partial charge in [-0.05, 0) is 106 Å². The van der Waals surface area contributed by atoms with Gasteiger partial charge in [-0.2, -0.15) is 0 Å². The van der Waals surface area contributed by atoms with Gasteiger partial charge in [-0.3, -0.25) is 19.5 Å². The van der Waals surface area contributed by atoms with E-state index < -0.39 is 17.8 Å². The SMILES string of the molecule is CC1(OCc2ccc(F)cc2C(C(=O)O)N2CC[C@@H](OCCCCc3ccc4c(n3)CCCC4)C2)CC1.O=CO. The Morgan fingerprint density at radius 2 is 2.00 bits per heavy atom.